The van der Waals surface area contributed by atoms with Crippen LogP contribution in [0.15, 0.2) is 0 Å². The van der Waals surface area contributed by atoms with Gasteiger partial charge in [-0.1, -0.05) is 32.6 Å². The van der Waals surface area contributed by atoms with Gasteiger partial charge in [-0.05, 0) is 25.7 Å². The number of hydrogen-bond acceptors (Lipinski definition) is 3. The van der Waals surface area contributed by atoms with Crippen LogP contribution in [0.3, 0.4) is 0 Å². The van der Waals surface area contributed by atoms with Gasteiger partial charge >= 0.3 is 0 Å². The van der Waals surface area contributed by atoms with Crippen molar-refractivity contribution in [3.63, 3.8) is 0 Å². The molecule has 1 aliphatic heterocycles. The average Bonchev–Trinajstić information content (AvgIpc) is 2.92. The molecule has 0 spiro atoms. The van der Waals surface area contributed by atoms with Gasteiger partial charge in [-0.25, -0.2) is 0 Å². The fourth-order valence-electron chi connectivity index (χ4n) is 4.24. The molecular formula is C17H30N2O3. The summed E-state index contributed by atoms with van der Waals surface area (Å²) in [5.41, 5.74) is -0.849. The first kappa shape index (κ1) is 17.3. The van der Waals surface area contributed by atoms with E-state index in [1.165, 1.54) is 6.92 Å². The van der Waals surface area contributed by atoms with Gasteiger partial charge in [0.25, 0.3) is 0 Å². The van der Waals surface area contributed by atoms with Gasteiger partial charge in [-0.3, -0.25) is 9.59 Å². The summed E-state index contributed by atoms with van der Waals surface area (Å²) in [6, 6.07) is 0. The average molecular weight is 310 g/mol. The lowest BCUT2D eigenvalue weighted by Crippen LogP contribution is -2.60. The van der Waals surface area contributed by atoms with E-state index in [1.54, 1.807) is 0 Å². The highest BCUT2D eigenvalue weighted by atomic mass is 16.3. The standard InChI is InChI=1S/C17H30N2O3/c1-3-7-16(13-20)10-11-19(12-16)15(22)17(18-14(2)21)8-5-4-6-9-17/h20H,3-13H2,1-2H3,(H,18,21). The van der Waals surface area contributed by atoms with Crippen molar-refractivity contribution < 1.29 is 14.7 Å². The number of aliphatic hydroxyl groups excluding tert-OH is 1. The zero-order valence-electron chi connectivity index (χ0n) is 14.0. The third-order valence-corrected chi connectivity index (χ3v) is 5.37. The number of hydrogen-bond donors (Lipinski definition) is 2. The highest BCUT2D eigenvalue weighted by Gasteiger charge is 2.47. The minimum Gasteiger partial charge on any atom is -0.396 e. The number of likely N-dealkylation sites (tertiary alicyclic amines) is 1. The first-order valence-corrected chi connectivity index (χ1v) is 8.66. The second-order valence-electron chi connectivity index (χ2n) is 7.21. The summed E-state index contributed by atoms with van der Waals surface area (Å²) in [6.07, 6.45) is 7.40. The minimum absolute atomic E-state index is 0.0637. The largest absolute Gasteiger partial charge is 0.396 e. The second kappa shape index (κ2) is 6.99. The Morgan fingerprint density at radius 2 is 1.86 bits per heavy atom. The van der Waals surface area contributed by atoms with Crippen LogP contribution in [-0.2, 0) is 9.59 Å². The zero-order chi connectivity index (χ0) is 16.2. The van der Waals surface area contributed by atoms with E-state index in [9.17, 15) is 14.7 Å². The highest BCUT2D eigenvalue weighted by molar-refractivity contribution is 5.91. The molecule has 2 N–H and O–H groups in total. The predicted molar refractivity (Wildman–Crippen MR) is 85.3 cm³/mol. The molecule has 1 heterocycles. The third-order valence-electron chi connectivity index (χ3n) is 5.37. The summed E-state index contributed by atoms with van der Waals surface area (Å²) >= 11 is 0. The van der Waals surface area contributed by atoms with E-state index in [-0.39, 0.29) is 23.8 Å². The van der Waals surface area contributed by atoms with E-state index >= 15 is 0 Å². The topological polar surface area (TPSA) is 69.6 Å². The van der Waals surface area contributed by atoms with E-state index in [2.05, 4.69) is 12.2 Å². The van der Waals surface area contributed by atoms with Crippen molar-refractivity contribution in [3.05, 3.63) is 0 Å². The fraction of sp³-hybridized carbons (Fsp3) is 0.882. The van der Waals surface area contributed by atoms with Crippen molar-refractivity contribution >= 4 is 11.8 Å². The summed E-state index contributed by atoms with van der Waals surface area (Å²) in [5.74, 6) is -0.0646. The van der Waals surface area contributed by atoms with Crippen LogP contribution in [-0.4, -0.2) is 47.1 Å². The van der Waals surface area contributed by atoms with Crippen LogP contribution in [0.4, 0.5) is 0 Å². The molecular weight excluding hydrogens is 280 g/mol. The lowest BCUT2D eigenvalue weighted by atomic mass is 9.80. The van der Waals surface area contributed by atoms with Crippen LogP contribution in [0.5, 0.6) is 0 Å². The normalized spacial score (nSPS) is 27.7. The molecule has 2 rings (SSSR count). The molecule has 0 aromatic heterocycles. The number of aliphatic hydroxyl groups is 1. The van der Waals surface area contributed by atoms with Crippen LogP contribution in [0, 0.1) is 5.41 Å². The van der Waals surface area contributed by atoms with Gasteiger partial charge in [-0.15, -0.1) is 0 Å². The molecule has 0 aromatic carbocycles. The maximum atomic E-state index is 13.1. The SMILES string of the molecule is CCCC1(CO)CCN(C(=O)C2(NC(C)=O)CCCCC2)C1. The van der Waals surface area contributed by atoms with E-state index < -0.39 is 5.54 Å². The molecule has 1 unspecified atom stereocenters. The Labute approximate surface area is 133 Å². The van der Waals surface area contributed by atoms with Crippen LogP contribution in [0.25, 0.3) is 0 Å². The Hall–Kier alpha value is -1.10. The molecule has 1 saturated heterocycles. The number of carbonyl (C=O) groups is 2. The summed E-state index contributed by atoms with van der Waals surface area (Å²) in [7, 11) is 0. The van der Waals surface area contributed by atoms with Crippen LogP contribution in [0.2, 0.25) is 0 Å². The summed E-state index contributed by atoms with van der Waals surface area (Å²) in [6.45, 7) is 5.06. The van der Waals surface area contributed by atoms with Crippen molar-refractivity contribution in [2.75, 3.05) is 19.7 Å². The highest BCUT2D eigenvalue weighted by Crippen LogP contribution is 2.38. The monoisotopic (exact) mass is 310 g/mol. The van der Waals surface area contributed by atoms with Gasteiger partial charge in [0.15, 0.2) is 0 Å². The maximum absolute atomic E-state index is 13.1. The fourth-order valence-corrected chi connectivity index (χ4v) is 4.24. The van der Waals surface area contributed by atoms with Crippen molar-refractivity contribution in [2.24, 2.45) is 5.41 Å². The number of rotatable bonds is 5. The lowest BCUT2D eigenvalue weighted by Gasteiger charge is -2.39. The second-order valence-corrected chi connectivity index (χ2v) is 7.21. The molecule has 1 saturated carbocycles. The molecule has 5 nitrogen and oxygen atoms in total. The molecule has 0 aromatic rings. The van der Waals surface area contributed by atoms with E-state index in [4.69, 9.17) is 0 Å². The minimum atomic E-state index is -0.707. The van der Waals surface area contributed by atoms with E-state index in [0.717, 1.165) is 51.4 Å². The number of amides is 2. The molecule has 22 heavy (non-hydrogen) atoms. The first-order chi connectivity index (χ1) is 10.5. The number of carbonyl (C=O) groups excluding carboxylic acids is 2. The maximum Gasteiger partial charge on any atom is 0.248 e. The Kier molecular flexibility index (Phi) is 5.48. The predicted octanol–water partition coefficient (Wildman–Crippen LogP) is 1.84. The molecule has 1 atom stereocenters. The molecule has 2 aliphatic rings. The van der Waals surface area contributed by atoms with E-state index in [0.29, 0.717) is 13.1 Å². The Bertz CT molecular complexity index is 418. The van der Waals surface area contributed by atoms with Crippen molar-refractivity contribution in [2.45, 2.75) is 70.8 Å². The quantitative estimate of drug-likeness (QED) is 0.814. The molecule has 0 radical (unpaired) electrons. The Balaban J connectivity index is 2.13. The molecule has 126 valence electrons. The van der Waals surface area contributed by atoms with Crippen LogP contribution >= 0.6 is 0 Å². The summed E-state index contributed by atoms with van der Waals surface area (Å²) < 4.78 is 0. The molecule has 1 aliphatic carbocycles. The Morgan fingerprint density at radius 3 is 2.41 bits per heavy atom. The van der Waals surface area contributed by atoms with Gasteiger partial charge in [0, 0.05) is 25.4 Å². The Morgan fingerprint density at radius 1 is 1.18 bits per heavy atom. The summed E-state index contributed by atoms with van der Waals surface area (Å²) in [4.78, 5) is 26.6. The van der Waals surface area contributed by atoms with Gasteiger partial charge in [0.2, 0.25) is 11.8 Å². The number of nitrogens with zero attached hydrogens (tertiary/aromatic N) is 1. The lowest BCUT2D eigenvalue weighted by molar-refractivity contribution is -0.142. The van der Waals surface area contributed by atoms with Gasteiger partial charge < -0.3 is 15.3 Å². The van der Waals surface area contributed by atoms with Gasteiger partial charge in [0.1, 0.15) is 5.54 Å². The number of nitrogens with one attached hydrogen (secondary N) is 1. The van der Waals surface area contributed by atoms with Crippen LogP contribution in [0.1, 0.15) is 65.2 Å². The van der Waals surface area contributed by atoms with Crippen molar-refractivity contribution in [3.8, 4) is 0 Å². The molecule has 5 heteroatoms. The van der Waals surface area contributed by atoms with Crippen molar-refractivity contribution in [1.29, 1.82) is 0 Å². The van der Waals surface area contributed by atoms with Crippen LogP contribution < -0.4 is 5.32 Å². The van der Waals surface area contributed by atoms with E-state index in [1.807, 2.05) is 4.90 Å². The smallest absolute Gasteiger partial charge is 0.248 e. The van der Waals surface area contributed by atoms with Gasteiger partial charge in [0.05, 0.1) is 6.61 Å². The van der Waals surface area contributed by atoms with Gasteiger partial charge in [-0.2, -0.15) is 0 Å². The first-order valence-electron chi connectivity index (χ1n) is 8.66. The third kappa shape index (κ3) is 3.45. The molecule has 0 bridgehead atoms. The summed E-state index contributed by atoms with van der Waals surface area (Å²) in [5, 5.41) is 12.7. The van der Waals surface area contributed by atoms with Crippen molar-refractivity contribution in [1.82, 2.24) is 10.2 Å². The molecule has 2 fully saturated rings. The molecule has 2 amide bonds. The zero-order valence-corrected chi connectivity index (χ0v) is 14.0.